The van der Waals surface area contributed by atoms with E-state index in [-0.39, 0.29) is 19.4 Å². The zero-order valence-corrected chi connectivity index (χ0v) is 15.1. The maximum absolute atomic E-state index is 9.78. The summed E-state index contributed by atoms with van der Waals surface area (Å²) >= 11 is 0. The number of aliphatic hydroxyl groups is 3. The molecule has 0 aliphatic carbocycles. The maximum atomic E-state index is 9.78. The number of amides is 1. The first-order valence-electron chi connectivity index (χ1n) is 8.15. The van der Waals surface area contributed by atoms with Gasteiger partial charge in [-0.3, -0.25) is 4.79 Å². The van der Waals surface area contributed by atoms with Crippen LogP contribution in [0.2, 0.25) is 0 Å². The van der Waals surface area contributed by atoms with Gasteiger partial charge in [-0.05, 0) is 13.3 Å². The monoisotopic (exact) mass is 347 g/mol. The minimum atomic E-state index is -1.08. The molecule has 4 atom stereocenters. The Morgan fingerprint density at radius 1 is 1.46 bits per heavy atom. The fourth-order valence-corrected chi connectivity index (χ4v) is 2.15. The van der Waals surface area contributed by atoms with E-state index in [0.717, 1.165) is 18.4 Å². The summed E-state index contributed by atoms with van der Waals surface area (Å²) in [5, 5.41) is 34.0. The Hall–Kier alpha value is -1.48. The number of rotatable bonds is 6. The largest absolute Gasteiger partial charge is 0.394 e. The Labute approximate surface area is 144 Å². The fraction of sp³-hybridized carbons (Fsp3) is 0.750. The van der Waals surface area contributed by atoms with E-state index in [4.69, 9.17) is 14.6 Å². The number of hydrogen-bond acceptors (Lipinski definition) is 7. The van der Waals surface area contributed by atoms with E-state index in [9.17, 15) is 10.2 Å². The van der Waals surface area contributed by atoms with Crippen LogP contribution in [0, 0.1) is 0 Å². The first kappa shape index (κ1) is 24.8. The minimum Gasteiger partial charge on any atom is -0.394 e. The van der Waals surface area contributed by atoms with Crippen molar-refractivity contribution in [1.29, 1.82) is 0 Å². The maximum Gasteiger partial charge on any atom is 0.204 e. The molecule has 1 saturated heterocycles. The van der Waals surface area contributed by atoms with Gasteiger partial charge in [-0.2, -0.15) is 5.10 Å². The molecule has 5 N–H and O–H groups in total. The van der Waals surface area contributed by atoms with Crippen LogP contribution in [0.5, 0.6) is 0 Å². The zero-order chi connectivity index (χ0) is 19.1. The molecule has 1 heterocycles. The number of ether oxygens (including phenoxy) is 1. The van der Waals surface area contributed by atoms with Crippen molar-refractivity contribution in [1.82, 2.24) is 5.01 Å². The second-order valence-electron chi connectivity index (χ2n) is 4.99. The molecule has 142 valence electrons. The molecule has 1 amide bonds. The molecule has 8 heteroatoms. The van der Waals surface area contributed by atoms with E-state index in [1.165, 1.54) is 5.01 Å². The highest BCUT2D eigenvalue weighted by atomic mass is 16.5. The van der Waals surface area contributed by atoms with Crippen LogP contribution in [0.1, 0.15) is 47.0 Å². The van der Waals surface area contributed by atoms with E-state index in [0.29, 0.717) is 0 Å². The van der Waals surface area contributed by atoms with Gasteiger partial charge < -0.3 is 25.8 Å². The summed E-state index contributed by atoms with van der Waals surface area (Å²) in [6, 6.07) is 0. The van der Waals surface area contributed by atoms with Crippen LogP contribution in [0.4, 0.5) is 0 Å². The molecule has 8 nitrogen and oxygen atoms in total. The van der Waals surface area contributed by atoms with Crippen molar-refractivity contribution in [3.05, 3.63) is 11.8 Å². The van der Waals surface area contributed by atoms with Gasteiger partial charge in [0.05, 0.1) is 12.7 Å². The van der Waals surface area contributed by atoms with Crippen LogP contribution >= 0.6 is 0 Å². The molecule has 4 unspecified atom stereocenters. The Morgan fingerprint density at radius 3 is 2.42 bits per heavy atom. The molecule has 0 saturated carbocycles. The highest BCUT2D eigenvalue weighted by Crippen LogP contribution is 2.24. The van der Waals surface area contributed by atoms with E-state index in [1.54, 1.807) is 0 Å². The Bertz CT molecular complexity index is 366. The molecule has 0 aromatic carbocycles. The van der Waals surface area contributed by atoms with Crippen LogP contribution in [0.15, 0.2) is 16.9 Å². The van der Waals surface area contributed by atoms with Crippen molar-refractivity contribution in [2.45, 2.75) is 71.5 Å². The first-order chi connectivity index (χ1) is 11.4. The molecule has 0 spiro atoms. The predicted octanol–water partition coefficient (Wildman–Crippen LogP) is 0.565. The molecular formula is C16H33N3O5. The number of carbonyl (C=O) groups is 1. The van der Waals surface area contributed by atoms with E-state index in [2.05, 4.69) is 24.5 Å². The molecule has 1 rings (SSSR count). The second kappa shape index (κ2) is 15.1. The Kier molecular flexibility index (Phi) is 15.6. The van der Waals surface area contributed by atoms with Gasteiger partial charge in [-0.1, -0.05) is 32.8 Å². The van der Waals surface area contributed by atoms with Crippen molar-refractivity contribution in [2.75, 3.05) is 6.61 Å². The SMILES string of the molecule is C=NN(/C=C(/C)CCC)C1CC(O)C(O)C(CO)O1.CC.NC=O. The summed E-state index contributed by atoms with van der Waals surface area (Å²) in [4.78, 5) is 8.58. The minimum absolute atomic E-state index is 0.215. The summed E-state index contributed by atoms with van der Waals surface area (Å²) in [7, 11) is 0. The number of nitrogens with two attached hydrogens (primary N) is 1. The van der Waals surface area contributed by atoms with Crippen LogP contribution in [0.25, 0.3) is 0 Å². The number of primary amides is 1. The molecule has 1 aliphatic heterocycles. The van der Waals surface area contributed by atoms with Gasteiger partial charge in [0, 0.05) is 19.3 Å². The molecule has 0 aromatic rings. The fourth-order valence-electron chi connectivity index (χ4n) is 2.15. The first-order valence-corrected chi connectivity index (χ1v) is 8.15. The van der Waals surface area contributed by atoms with Crippen LogP contribution in [-0.4, -0.2) is 64.6 Å². The lowest BCUT2D eigenvalue weighted by Crippen LogP contribution is -2.53. The molecule has 1 aliphatic rings. The normalized spacial score (nSPS) is 26.2. The number of hydrazone groups is 1. The molecule has 0 radical (unpaired) electrons. The number of aliphatic hydroxyl groups excluding tert-OH is 3. The summed E-state index contributed by atoms with van der Waals surface area (Å²) in [5.74, 6) is 0. The number of carbonyl (C=O) groups excluding carboxylic acids is 1. The van der Waals surface area contributed by atoms with Crippen LogP contribution in [-0.2, 0) is 9.53 Å². The van der Waals surface area contributed by atoms with Crippen molar-refractivity contribution < 1.29 is 24.9 Å². The average Bonchev–Trinajstić information content (AvgIpc) is 2.58. The molecular weight excluding hydrogens is 314 g/mol. The number of allylic oxidation sites excluding steroid dienone is 1. The molecule has 0 bridgehead atoms. The lowest BCUT2D eigenvalue weighted by Gasteiger charge is -2.39. The molecule has 24 heavy (non-hydrogen) atoms. The number of hydrogen-bond donors (Lipinski definition) is 4. The predicted molar refractivity (Wildman–Crippen MR) is 94.0 cm³/mol. The highest BCUT2D eigenvalue weighted by Gasteiger charge is 2.38. The molecule has 0 aromatic heterocycles. The van der Waals surface area contributed by atoms with Crippen molar-refractivity contribution in [2.24, 2.45) is 10.8 Å². The third-order valence-electron chi connectivity index (χ3n) is 3.19. The van der Waals surface area contributed by atoms with Gasteiger partial charge >= 0.3 is 0 Å². The van der Waals surface area contributed by atoms with E-state index >= 15 is 0 Å². The number of nitrogens with zero attached hydrogens (tertiary/aromatic N) is 2. The summed E-state index contributed by atoms with van der Waals surface area (Å²) in [6.07, 6.45) is 0.894. The second-order valence-corrected chi connectivity index (χ2v) is 4.99. The van der Waals surface area contributed by atoms with Crippen LogP contribution in [0.3, 0.4) is 0 Å². The Morgan fingerprint density at radius 2 is 2.00 bits per heavy atom. The lowest BCUT2D eigenvalue weighted by molar-refractivity contribution is -0.210. The average molecular weight is 347 g/mol. The van der Waals surface area contributed by atoms with Crippen molar-refractivity contribution >= 4 is 13.1 Å². The Balaban J connectivity index is 0. The highest BCUT2D eigenvalue weighted by molar-refractivity contribution is 5.42. The summed E-state index contributed by atoms with van der Waals surface area (Å²) < 4.78 is 5.54. The van der Waals surface area contributed by atoms with Crippen molar-refractivity contribution in [3.8, 4) is 0 Å². The third kappa shape index (κ3) is 8.97. The van der Waals surface area contributed by atoms with Gasteiger partial charge in [0.2, 0.25) is 6.41 Å². The summed E-state index contributed by atoms with van der Waals surface area (Å²) in [6.45, 7) is 11.2. The van der Waals surface area contributed by atoms with Crippen LogP contribution < -0.4 is 5.73 Å². The van der Waals surface area contributed by atoms with Gasteiger partial charge in [-0.15, -0.1) is 0 Å². The van der Waals surface area contributed by atoms with Gasteiger partial charge in [0.25, 0.3) is 0 Å². The third-order valence-corrected chi connectivity index (χ3v) is 3.19. The molecule has 1 fully saturated rings. The van der Waals surface area contributed by atoms with Crippen molar-refractivity contribution in [3.63, 3.8) is 0 Å². The smallest absolute Gasteiger partial charge is 0.204 e. The summed E-state index contributed by atoms with van der Waals surface area (Å²) in [5.41, 5.74) is 5.29. The topological polar surface area (TPSA) is 129 Å². The zero-order valence-electron chi connectivity index (χ0n) is 15.1. The van der Waals surface area contributed by atoms with E-state index < -0.39 is 24.5 Å². The standard InChI is InChI=1S/C13H24N2O4.C2H6.CH3NO/c1-4-5-9(2)7-15(14-3)12-6-10(17)13(18)11(8-16)19-12;1-2;2-1-3/h7,10-13,16-18H,3-6,8H2,1-2H3;1-2H3;1H,(H2,2,3)/b9-7-;;. The van der Waals surface area contributed by atoms with E-state index in [1.807, 2.05) is 27.0 Å². The van der Waals surface area contributed by atoms with Gasteiger partial charge in [-0.25, -0.2) is 5.01 Å². The quantitative estimate of drug-likeness (QED) is 0.316. The van der Waals surface area contributed by atoms with Gasteiger partial charge in [0.15, 0.2) is 6.23 Å². The lowest BCUT2D eigenvalue weighted by atomic mass is 10.0. The van der Waals surface area contributed by atoms with Gasteiger partial charge in [0.1, 0.15) is 12.2 Å².